The van der Waals surface area contributed by atoms with Gasteiger partial charge in [0, 0.05) is 18.6 Å². The van der Waals surface area contributed by atoms with Crippen LogP contribution in [0.4, 0.5) is 24.5 Å². The number of hydrogen-bond acceptors (Lipinski definition) is 8. The number of hydrogen-bond donors (Lipinski definition) is 1. The second-order valence-electron chi connectivity index (χ2n) is 7.66. The Hall–Kier alpha value is -3.86. The SMILES string of the molecule is COc1ccc2nc(-c3ccc(/N=N/c4ccc(O)cc4OCCCC(F)(F)F)cc3OC)sc2c1. The number of thiazole rings is 1. The van der Waals surface area contributed by atoms with E-state index in [2.05, 4.69) is 15.2 Å². The van der Waals surface area contributed by atoms with Gasteiger partial charge in [0.2, 0.25) is 0 Å². The molecule has 3 aromatic carbocycles. The van der Waals surface area contributed by atoms with Gasteiger partial charge in [-0.1, -0.05) is 0 Å². The van der Waals surface area contributed by atoms with Gasteiger partial charge in [-0.3, -0.25) is 0 Å². The molecule has 0 aliphatic carbocycles. The van der Waals surface area contributed by atoms with Crippen molar-refractivity contribution in [2.24, 2.45) is 10.2 Å². The van der Waals surface area contributed by atoms with Crippen molar-refractivity contribution in [3.05, 3.63) is 54.6 Å². The Morgan fingerprint density at radius 3 is 2.53 bits per heavy atom. The highest BCUT2D eigenvalue weighted by atomic mass is 32.1. The Labute approximate surface area is 208 Å². The standard InChI is InChI=1S/C25H22F3N3O4S/c1-33-17-6-9-20-23(14-17)36-24(29-20)18-7-4-15(12-21(18)34-2)30-31-19-8-5-16(32)13-22(19)35-11-3-10-25(26,27)28/h4-9,12-14,32H,3,10-11H2,1-2H3/b31-30+. The molecule has 11 heteroatoms. The first-order chi connectivity index (χ1) is 17.3. The van der Waals surface area contributed by atoms with Crippen molar-refractivity contribution in [3.8, 4) is 33.6 Å². The van der Waals surface area contributed by atoms with Crippen LogP contribution in [0.5, 0.6) is 23.0 Å². The smallest absolute Gasteiger partial charge is 0.389 e. The van der Waals surface area contributed by atoms with E-state index in [0.29, 0.717) is 11.4 Å². The number of benzene rings is 3. The van der Waals surface area contributed by atoms with E-state index >= 15 is 0 Å². The summed E-state index contributed by atoms with van der Waals surface area (Å²) in [5.41, 5.74) is 2.38. The molecule has 0 saturated carbocycles. The minimum absolute atomic E-state index is 0.0979. The third-order valence-electron chi connectivity index (χ3n) is 5.09. The molecule has 1 aromatic heterocycles. The molecule has 0 amide bonds. The van der Waals surface area contributed by atoms with E-state index in [1.807, 2.05) is 24.3 Å². The highest BCUT2D eigenvalue weighted by Gasteiger charge is 2.26. The summed E-state index contributed by atoms with van der Waals surface area (Å²) in [5, 5.41) is 18.9. The number of azo groups is 1. The summed E-state index contributed by atoms with van der Waals surface area (Å²) >= 11 is 1.50. The van der Waals surface area contributed by atoms with Gasteiger partial charge in [-0.2, -0.15) is 18.3 Å². The largest absolute Gasteiger partial charge is 0.508 e. The Bertz CT molecular complexity index is 1390. The van der Waals surface area contributed by atoms with Crippen LogP contribution in [0.15, 0.2) is 64.8 Å². The molecule has 0 fully saturated rings. The molecule has 4 rings (SSSR count). The molecule has 0 aliphatic heterocycles. The summed E-state index contributed by atoms with van der Waals surface area (Å²) in [6.45, 7) is -0.179. The fraction of sp³-hybridized carbons (Fsp3) is 0.240. The quantitative estimate of drug-likeness (QED) is 0.181. The second-order valence-corrected chi connectivity index (χ2v) is 8.69. The van der Waals surface area contributed by atoms with Crippen molar-refractivity contribution >= 4 is 32.9 Å². The van der Waals surface area contributed by atoms with E-state index in [1.165, 1.54) is 29.5 Å². The van der Waals surface area contributed by atoms with Crippen LogP contribution < -0.4 is 14.2 Å². The number of fused-ring (bicyclic) bond motifs is 1. The molecular formula is C25H22F3N3O4S. The second kappa shape index (κ2) is 10.8. The Balaban J connectivity index is 1.54. The molecular weight excluding hydrogens is 495 g/mol. The number of halogens is 3. The average Bonchev–Trinajstić information content (AvgIpc) is 3.28. The maximum absolute atomic E-state index is 12.4. The van der Waals surface area contributed by atoms with Gasteiger partial charge in [0.15, 0.2) is 0 Å². The number of aromatic hydroxyl groups is 1. The van der Waals surface area contributed by atoms with Crippen LogP contribution in [-0.2, 0) is 0 Å². The number of phenols is 1. The summed E-state index contributed by atoms with van der Waals surface area (Å²) in [5.74, 6) is 1.33. The summed E-state index contributed by atoms with van der Waals surface area (Å²) in [7, 11) is 3.16. The van der Waals surface area contributed by atoms with E-state index in [4.69, 9.17) is 14.2 Å². The van der Waals surface area contributed by atoms with Gasteiger partial charge in [-0.05, 0) is 48.9 Å². The van der Waals surface area contributed by atoms with Gasteiger partial charge >= 0.3 is 6.18 Å². The molecule has 0 unspecified atom stereocenters. The third-order valence-corrected chi connectivity index (χ3v) is 6.14. The van der Waals surface area contributed by atoms with Crippen LogP contribution in [0.25, 0.3) is 20.8 Å². The van der Waals surface area contributed by atoms with Gasteiger partial charge in [0.1, 0.15) is 33.7 Å². The van der Waals surface area contributed by atoms with Gasteiger partial charge < -0.3 is 19.3 Å². The summed E-state index contributed by atoms with van der Waals surface area (Å²) in [6.07, 6.45) is -5.43. The molecule has 1 N–H and O–H groups in total. The van der Waals surface area contributed by atoms with Crippen molar-refractivity contribution < 1.29 is 32.5 Å². The van der Waals surface area contributed by atoms with Crippen molar-refractivity contribution in [1.29, 1.82) is 0 Å². The maximum Gasteiger partial charge on any atom is 0.389 e. The third kappa shape index (κ3) is 6.22. The summed E-state index contributed by atoms with van der Waals surface area (Å²) in [6, 6.07) is 15.1. The number of nitrogens with zero attached hydrogens (tertiary/aromatic N) is 3. The van der Waals surface area contributed by atoms with Crippen molar-refractivity contribution in [1.82, 2.24) is 4.98 Å². The predicted octanol–water partition coefficient (Wildman–Crippen LogP) is 7.82. The average molecular weight is 518 g/mol. The van der Waals surface area contributed by atoms with Crippen molar-refractivity contribution in [2.45, 2.75) is 19.0 Å². The number of rotatable bonds is 9. The van der Waals surface area contributed by atoms with Gasteiger partial charge in [0.25, 0.3) is 0 Å². The molecule has 0 spiro atoms. The van der Waals surface area contributed by atoms with Crippen molar-refractivity contribution in [2.75, 3.05) is 20.8 Å². The highest BCUT2D eigenvalue weighted by Crippen LogP contribution is 2.39. The maximum atomic E-state index is 12.4. The molecule has 188 valence electrons. The lowest BCUT2D eigenvalue weighted by Crippen LogP contribution is -2.09. The first kappa shape index (κ1) is 25.2. The van der Waals surface area contributed by atoms with Crippen LogP contribution in [0.2, 0.25) is 0 Å². The van der Waals surface area contributed by atoms with E-state index in [9.17, 15) is 18.3 Å². The molecule has 0 radical (unpaired) electrons. The molecule has 0 aliphatic rings. The summed E-state index contributed by atoms with van der Waals surface area (Å²) in [4.78, 5) is 4.68. The fourth-order valence-electron chi connectivity index (χ4n) is 3.33. The van der Waals surface area contributed by atoms with E-state index in [0.717, 1.165) is 26.5 Å². The van der Waals surface area contributed by atoms with Crippen LogP contribution in [-0.4, -0.2) is 37.1 Å². The molecule has 1 heterocycles. The van der Waals surface area contributed by atoms with Crippen LogP contribution in [0.1, 0.15) is 12.8 Å². The fourth-order valence-corrected chi connectivity index (χ4v) is 4.36. The summed E-state index contributed by atoms with van der Waals surface area (Å²) < 4.78 is 54.3. The van der Waals surface area contributed by atoms with E-state index in [1.54, 1.807) is 26.4 Å². The monoisotopic (exact) mass is 517 g/mol. The van der Waals surface area contributed by atoms with Crippen LogP contribution >= 0.6 is 11.3 Å². The zero-order valence-corrected chi connectivity index (χ0v) is 20.2. The van der Waals surface area contributed by atoms with Crippen LogP contribution in [0, 0.1) is 0 Å². The molecule has 0 bridgehead atoms. The zero-order chi connectivity index (χ0) is 25.7. The minimum atomic E-state index is -4.26. The topological polar surface area (TPSA) is 85.5 Å². The normalized spacial score (nSPS) is 11.8. The number of methoxy groups -OCH3 is 2. The zero-order valence-electron chi connectivity index (χ0n) is 19.4. The Kier molecular flexibility index (Phi) is 7.58. The lowest BCUT2D eigenvalue weighted by Gasteiger charge is -2.10. The Morgan fingerprint density at radius 1 is 0.944 bits per heavy atom. The Morgan fingerprint density at radius 2 is 1.78 bits per heavy atom. The minimum Gasteiger partial charge on any atom is -0.508 e. The molecule has 36 heavy (non-hydrogen) atoms. The molecule has 0 saturated heterocycles. The molecule has 0 atom stereocenters. The number of ether oxygens (including phenoxy) is 3. The van der Waals surface area contributed by atoms with Crippen molar-refractivity contribution in [3.63, 3.8) is 0 Å². The van der Waals surface area contributed by atoms with E-state index < -0.39 is 12.6 Å². The lowest BCUT2D eigenvalue weighted by molar-refractivity contribution is -0.136. The van der Waals surface area contributed by atoms with Gasteiger partial charge in [-0.25, -0.2) is 4.98 Å². The first-order valence-electron chi connectivity index (χ1n) is 10.8. The van der Waals surface area contributed by atoms with Crippen LogP contribution in [0.3, 0.4) is 0 Å². The molecule has 4 aromatic rings. The number of alkyl halides is 3. The lowest BCUT2D eigenvalue weighted by atomic mass is 10.2. The predicted molar refractivity (Wildman–Crippen MR) is 131 cm³/mol. The highest BCUT2D eigenvalue weighted by molar-refractivity contribution is 7.21. The number of aromatic nitrogens is 1. The van der Waals surface area contributed by atoms with E-state index in [-0.39, 0.29) is 30.2 Å². The molecule has 7 nitrogen and oxygen atoms in total. The first-order valence-corrected chi connectivity index (χ1v) is 11.6. The number of phenolic OH excluding ortho intramolecular Hbond substituents is 1. The van der Waals surface area contributed by atoms with Gasteiger partial charge in [-0.15, -0.1) is 16.5 Å². The van der Waals surface area contributed by atoms with Gasteiger partial charge in [0.05, 0.1) is 42.3 Å².